The largest absolute Gasteiger partial charge is 0.493 e. The SMILES string of the molecule is COC(=O)c1cc(OC)c(OC)cc1NC(=O)c1cc(-c2ccco2)nc2onc(C)c12. The first-order valence-corrected chi connectivity index (χ1v) is 9.43. The van der Waals surface area contributed by atoms with Crippen LogP contribution in [0.2, 0.25) is 0 Å². The van der Waals surface area contributed by atoms with Crippen LogP contribution in [0.15, 0.2) is 45.5 Å². The molecule has 0 fully saturated rings. The summed E-state index contributed by atoms with van der Waals surface area (Å²) in [5, 5.41) is 7.11. The van der Waals surface area contributed by atoms with E-state index in [0.29, 0.717) is 34.0 Å². The van der Waals surface area contributed by atoms with Crippen LogP contribution < -0.4 is 14.8 Å². The lowest BCUT2D eigenvalue weighted by Crippen LogP contribution is -2.16. The number of pyridine rings is 1. The number of amides is 1. The Hall–Kier alpha value is -4.34. The van der Waals surface area contributed by atoms with Crippen molar-refractivity contribution in [3.05, 3.63) is 53.4 Å². The van der Waals surface area contributed by atoms with E-state index in [-0.39, 0.29) is 22.5 Å². The fourth-order valence-corrected chi connectivity index (χ4v) is 3.28. The third-order valence-corrected chi connectivity index (χ3v) is 4.81. The van der Waals surface area contributed by atoms with Crippen LogP contribution in [0.25, 0.3) is 22.6 Å². The molecule has 1 N–H and O–H groups in total. The summed E-state index contributed by atoms with van der Waals surface area (Å²) in [6, 6.07) is 7.90. The molecule has 0 aliphatic rings. The van der Waals surface area contributed by atoms with Crippen molar-refractivity contribution in [2.45, 2.75) is 6.92 Å². The normalized spacial score (nSPS) is 10.8. The minimum Gasteiger partial charge on any atom is -0.493 e. The van der Waals surface area contributed by atoms with Crippen LogP contribution in [0, 0.1) is 6.92 Å². The standard InChI is InChI=1S/C22H19N3O7/c1-11-19-13(8-15(16-6-5-7-31-16)24-21(19)32-25-11)20(26)23-14-10-18(29-3)17(28-2)9-12(14)22(27)30-4/h5-10H,1-4H3,(H,23,26). The van der Waals surface area contributed by atoms with E-state index < -0.39 is 11.9 Å². The van der Waals surface area contributed by atoms with Crippen molar-refractivity contribution in [2.24, 2.45) is 0 Å². The Bertz CT molecular complexity index is 1310. The van der Waals surface area contributed by atoms with Gasteiger partial charge in [-0.3, -0.25) is 4.79 Å². The first kappa shape index (κ1) is 20.9. The molecule has 0 aliphatic heterocycles. The number of nitrogens with zero attached hydrogens (tertiary/aromatic N) is 2. The average molecular weight is 437 g/mol. The number of carbonyl (C=O) groups excluding carboxylic acids is 2. The summed E-state index contributed by atoms with van der Waals surface area (Å²) < 4.78 is 26.1. The van der Waals surface area contributed by atoms with E-state index >= 15 is 0 Å². The zero-order valence-corrected chi connectivity index (χ0v) is 17.7. The molecule has 0 bridgehead atoms. The maximum Gasteiger partial charge on any atom is 0.340 e. The molecule has 3 aromatic heterocycles. The first-order chi connectivity index (χ1) is 15.5. The summed E-state index contributed by atoms with van der Waals surface area (Å²) in [6.07, 6.45) is 1.50. The summed E-state index contributed by atoms with van der Waals surface area (Å²) in [6.45, 7) is 1.70. The summed E-state index contributed by atoms with van der Waals surface area (Å²) in [7, 11) is 4.13. The van der Waals surface area contributed by atoms with Gasteiger partial charge in [0.2, 0.25) is 0 Å². The van der Waals surface area contributed by atoms with E-state index in [1.54, 1.807) is 25.1 Å². The lowest BCUT2D eigenvalue weighted by atomic mass is 10.1. The molecule has 10 heteroatoms. The summed E-state index contributed by atoms with van der Waals surface area (Å²) >= 11 is 0. The third kappa shape index (κ3) is 3.62. The first-order valence-electron chi connectivity index (χ1n) is 9.43. The Kier molecular flexibility index (Phi) is 5.50. The number of methoxy groups -OCH3 is 3. The summed E-state index contributed by atoms with van der Waals surface area (Å²) in [5.41, 5.74) is 1.58. The molecule has 0 radical (unpaired) electrons. The van der Waals surface area contributed by atoms with Gasteiger partial charge < -0.3 is 28.5 Å². The Morgan fingerprint density at radius 2 is 1.78 bits per heavy atom. The number of furan rings is 1. The minimum absolute atomic E-state index is 0.0945. The molecule has 0 saturated carbocycles. The van der Waals surface area contributed by atoms with Gasteiger partial charge in [-0.2, -0.15) is 0 Å². The number of anilines is 1. The van der Waals surface area contributed by atoms with Crippen LogP contribution in [0.1, 0.15) is 26.4 Å². The lowest BCUT2D eigenvalue weighted by Gasteiger charge is -2.15. The highest BCUT2D eigenvalue weighted by Crippen LogP contribution is 2.35. The quantitative estimate of drug-likeness (QED) is 0.448. The molecule has 4 rings (SSSR count). The second kappa shape index (κ2) is 8.42. The molecule has 1 aromatic carbocycles. The highest BCUT2D eigenvalue weighted by atomic mass is 16.5. The van der Waals surface area contributed by atoms with Crippen molar-refractivity contribution >= 4 is 28.7 Å². The number of ether oxygens (including phenoxy) is 3. The van der Waals surface area contributed by atoms with E-state index in [2.05, 4.69) is 15.5 Å². The number of hydrogen-bond acceptors (Lipinski definition) is 9. The maximum absolute atomic E-state index is 13.4. The van der Waals surface area contributed by atoms with Crippen LogP contribution >= 0.6 is 0 Å². The molecule has 0 aliphatic carbocycles. The number of nitrogens with one attached hydrogen (secondary N) is 1. The van der Waals surface area contributed by atoms with E-state index in [1.807, 2.05) is 0 Å². The van der Waals surface area contributed by atoms with Gasteiger partial charge in [-0.1, -0.05) is 5.16 Å². The number of hydrogen-bond donors (Lipinski definition) is 1. The number of benzene rings is 1. The zero-order chi connectivity index (χ0) is 22.8. The van der Waals surface area contributed by atoms with Gasteiger partial charge >= 0.3 is 5.97 Å². The van der Waals surface area contributed by atoms with Crippen molar-refractivity contribution in [1.82, 2.24) is 10.1 Å². The molecule has 3 heterocycles. The van der Waals surface area contributed by atoms with Crippen LogP contribution in [0.5, 0.6) is 11.5 Å². The van der Waals surface area contributed by atoms with Crippen LogP contribution in [0.4, 0.5) is 5.69 Å². The fourth-order valence-electron chi connectivity index (χ4n) is 3.28. The van der Waals surface area contributed by atoms with Gasteiger partial charge in [0.25, 0.3) is 11.6 Å². The molecule has 0 spiro atoms. The van der Waals surface area contributed by atoms with Crippen LogP contribution in [0.3, 0.4) is 0 Å². The Morgan fingerprint density at radius 1 is 1.03 bits per heavy atom. The molecule has 164 valence electrons. The van der Waals surface area contributed by atoms with Gasteiger partial charge in [0.15, 0.2) is 17.3 Å². The molecular weight excluding hydrogens is 418 g/mol. The molecule has 0 unspecified atom stereocenters. The molecule has 10 nitrogen and oxygen atoms in total. The number of esters is 1. The lowest BCUT2D eigenvalue weighted by molar-refractivity contribution is 0.0601. The van der Waals surface area contributed by atoms with E-state index in [9.17, 15) is 9.59 Å². The number of rotatable bonds is 6. The van der Waals surface area contributed by atoms with Gasteiger partial charge in [0, 0.05) is 12.1 Å². The van der Waals surface area contributed by atoms with Gasteiger partial charge in [-0.25, -0.2) is 9.78 Å². The predicted octanol–water partition coefficient (Wildman–Crippen LogP) is 3.85. The second-order valence-corrected chi connectivity index (χ2v) is 6.68. The molecule has 0 atom stereocenters. The van der Waals surface area contributed by atoms with Crippen molar-refractivity contribution in [3.63, 3.8) is 0 Å². The number of aryl methyl sites for hydroxylation is 1. The third-order valence-electron chi connectivity index (χ3n) is 4.81. The van der Waals surface area contributed by atoms with Crippen LogP contribution in [-0.2, 0) is 4.74 Å². The van der Waals surface area contributed by atoms with Gasteiger partial charge in [-0.15, -0.1) is 0 Å². The van der Waals surface area contributed by atoms with E-state index in [1.165, 1.54) is 39.7 Å². The van der Waals surface area contributed by atoms with E-state index in [4.69, 9.17) is 23.2 Å². The topological polar surface area (TPSA) is 126 Å². The van der Waals surface area contributed by atoms with Crippen LogP contribution in [-0.4, -0.2) is 43.3 Å². The van der Waals surface area contributed by atoms with Crippen molar-refractivity contribution < 1.29 is 32.7 Å². The highest BCUT2D eigenvalue weighted by Gasteiger charge is 2.23. The van der Waals surface area contributed by atoms with Crippen molar-refractivity contribution in [2.75, 3.05) is 26.6 Å². The maximum atomic E-state index is 13.4. The average Bonchev–Trinajstić information content (AvgIpc) is 3.48. The zero-order valence-electron chi connectivity index (χ0n) is 17.7. The van der Waals surface area contributed by atoms with Crippen molar-refractivity contribution in [3.8, 4) is 23.0 Å². The smallest absolute Gasteiger partial charge is 0.340 e. The van der Waals surface area contributed by atoms with Gasteiger partial charge in [0.1, 0.15) is 5.69 Å². The second-order valence-electron chi connectivity index (χ2n) is 6.68. The minimum atomic E-state index is -0.654. The van der Waals surface area contributed by atoms with Gasteiger partial charge in [-0.05, 0) is 25.1 Å². The fraction of sp³-hybridized carbons (Fsp3) is 0.182. The molecular formula is C22H19N3O7. The summed E-state index contributed by atoms with van der Waals surface area (Å²) in [5.74, 6) is -0.0799. The Balaban J connectivity index is 1.82. The number of aromatic nitrogens is 2. The molecule has 0 saturated heterocycles. The van der Waals surface area contributed by atoms with Gasteiger partial charge in [0.05, 0.1) is 55.5 Å². The predicted molar refractivity (Wildman–Crippen MR) is 113 cm³/mol. The highest BCUT2D eigenvalue weighted by molar-refractivity contribution is 6.14. The Morgan fingerprint density at radius 3 is 2.44 bits per heavy atom. The monoisotopic (exact) mass is 437 g/mol. The molecule has 32 heavy (non-hydrogen) atoms. The molecule has 4 aromatic rings. The van der Waals surface area contributed by atoms with E-state index in [0.717, 1.165) is 0 Å². The number of carbonyl (C=O) groups is 2. The van der Waals surface area contributed by atoms with Crippen molar-refractivity contribution in [1.29, 1.82) is 0 Å². The number of fused-ring (bicyclic) bond motifs is 1. The summed E-state index contributed by atoms with van der Waals surface area (Å²) in [4.78, 5) is 30.1. The molecule has 1 amide bonds. The Labute approximate surface area is 182 Å².